The molecular formula is C11H25NO. The van der Waals surface area contributed by atoms with Crippen molar-refractivity contribution in [3.05, 3.63) is 0 Å². The largest absolute Gasteiger partial charge is 0.390 e. The Morgan fingerprint density at radius 3 is 2.23 bits per heavy atom. The summed E-state index contributed by atoms with van der Waals surface area (Å²) in [6, 6.07) is 0. The van der Waals surface area contributed by atoms with E-state index in [9.17, 15) is 5.11 Å². The van der Waals surface area contributed by atoms with E-state index >= 15 is 0 Å². The van der Waals surface area contributed by atoms with Gasteiger partial charge in [-0.15, -0.1) is 0 Å². The van der Waals surface area contributed by atoms with Gasteiger partial charge in [0, 0.05) is 0 Å². The minimum atomic E-state index is -0.527. The lowest BCUT2D eigenvalue weighted by Gasteiger charge is -2.22. The maximum absolute atomic E-state index is 9.79. The monoisotopic (exact) mass is 187 g/mol. The second-order valence-electron chi connectivity index (χ2n) is 4.20. The molecule has 0 radical (unpaired) electrons. The Balaban J connectivity index is 3.29. The molecular weight excluding hydrogens is 162 g/mol. The third-order valence-corrected chi connectivity index (χ3v) is 2.50. The second kappa shape index (κ2) is 7.34. The van der Waals surface area contributed by atoms with Gasteiger partial charge in [0.25, 0.3) is 0 Å². The lowest BCUT2D eigenvalue weighted by atomic mass is 9.94. The molecule has 0 aliphatic heterocycles. The van der Waals surface area contributed by atoms with E-state index in [1.54, 1.807) is 0 Å². The number of rotatable bonds is 8. The van der Waals surface area contributed by atoms with E-state index in [0.717, 1.165) is 19.3 Å². The first-order chi connectivity index (χ1) is 6.12. The van der Waals surface area contributed by atoms with Crippen molar-refractivity contribution in [2.45, 2.75) is 64.4 Å². The number of nitrogens with two attached hydrogens (primary N) is 1. The molecule has 80 valence electrons. The summed E-state index contributed by atoms with van der Waals surface area (Å²) in [4.78, 5) is 0. The van der Waals surface area contributed by atoms with Crippen molar-refractivity contribution in [3.8, 4) is 0 Å². The van der Waals surface area contributed by atoms with E-state index < -0.39 is 5.60 Å². The molecule has 3 N–H and O–H groups in total. The van der Waals surface area contributed by atoms with Gasteiger partial charge in [-0.1, -0.05) is 39.0 Å². The molecule has 0 aliphatic carbocycles. The molecule has 0 fully saturated rings. The van der Waals surface area contributed by atoms with Crippen LogP contribution in [0, 0.1) is 0 Å². The van der Waals surface area contributed by atoms with Gasteiger partial charge >= 0.3 is 0 Å². The van der Waals surface area contributed by atoms with Crippen LogP contribution in [0.3, 0.4) is 0 Å². The fourth-order valence-corrected chi connectivity index (χ4v) is 1.55. The van der Waals surface area contributed by atoms with Gasteiger partial charge in [-0.05, 0) is 26.3 Å². The fraction of sp³-hybridized carbons (Fsp3) is 1.00. The van der Waals surface area contributed by atoms with Crippen molar-refractivity contribution in [2.24, 2.45) is 5.73 Å². The Morgan fingerprint density at radius 1 is 1.08 bits per heavy atom. The van der Waals surface area contributed by atoms with E-state index in [1.165, 1.54) is 25.7 Å². The molecule has 0 spiro atoms. The minimum absolute atomic E-state index is 0.527. The summed E-state index contributed by atoms with van der Waals surface area (Å²) in [5.41, 5.74) is 4.88. The van der Waals surface area contributed by atoms with E-state index in [-0.39, 0.29) is 0 Å². The molecule has 0 aromatic heterocycles. The van der Waals surface area contributed by atoms with Gasteiger partial charge in [0.2, 0.25) is 0 Å². The average Bonchev–Trinajstić information content (AvgIpc) is 2.04. The molecule has 0 saturated heterocycles. The Kier molecular flexibility index (Phi) is 7.29. The van der Waals surface area contributed by atoms with Crippen LogP contribution in [0.25, 0.3) is 0 Å². The third-order valence-electron chi connectivity index (χ3n) is 2.50. The summed E-state index contributed by atoms with van der Waals surface area (Å²) in [5.74, 6) is 0. The molecule has 1 unspecified atom stereocenters. The molecule has 1 atom stereocenters. The molecule has 2 heteroatoms. The van der Waals surface area contributed by atoms with Crippen molar-refractivity contribution in [2.75, 3.05) is 6.54 Å². The van der Waals surface area contributed by atoms with E-state index in [1.807, 2.05) is 6.92 Å². The van der Waals surface area contributed by atoms with Crippen molar-refractivity contribution in [1.82, 2.24) is 0 Å². The van der Waals surface area contributed by atoms with Crippen molar-refractivity contribution < 1.29 is 5.11 Å². The number of hydrogen-bond acceptors (Lipinski definition) is 2. The summed E-state index contributed by atoms with van der Waals surface area (Å²) in [6.07, 6.45) is 7.89. The smallest absolute Gasteiger partial charge is 0.0631 e. The molecule has 0 bridgehead atoms. The van der Waals surface area contributed by atoms with Crippen LogP contribution in [0.4, 0.5) is 0 Å². The zero-order valence-electron chi connectivity index (χ0n) is 9.18. The maximum Gasteiger partial charge on any atom is 0.0631 e. The number of unbranched alkanes of at least 4 members (excludes halogenated alkanes) is 4. The number of aliphatic hydroxyl groups is 1. The highest BCUT2D eigenvalue weighted by molar-refractivity contribution is 4.72. The molecule has 0 aromatic rings. The summed E-state index contributed by atoms with van der Waals surface area (Å²) in [7, 11) is 0. The first kappa shape index (κ1) is 12.9. The highest BCUT2D eigenvalue weighted by Crippen LogP contribution is 2.18. The van der Waals surface area contributed by atoms with Gasteiger partial charge in [0.1, 0.15) is 0 Å². The van der Waals surface area contributed by atoms with Crippen molar-refractivity contribution in [3.63, 3.8) is 0 Å². The second-order valence-corrected chi connectivity index (χ2v) is 4.20. The summed E-state index contributed by atoms with van der Waals surface area (Å²) >= 11 is 0. The molecule has 0 saturated carbocycles. The number of hydrogen-bond donors (Lipinski definition) is 2. The molecule has 2 nitrogen and oxygen atoms in total. The highest BCUT2D eigenvalue weighted by atomic mass is 16.3. The van der Waals surface area contributed by atoms with Crippen LogP contribution in [0.5, 0.6) is 0 Å². The van der Waals surface area contributed by atoms with Gasteiger partial charge in [-0.2, -0.15) is 0 Å². The summed E-state index contributed by atoms with van der Waals surface area (Å²) < 4.78 is 0. The highest BCUT2D eigenvalue weighted by Gasteiger charge is 2.17. The predicted molar refractivity (Wildman–Crippen MR) is 57.7 cm³/mol. The van der Waals surface area contributed by atoms with E-state index in [2.05, 4.69) is 6.92 Å². The lowest BCUT2D eigenvalue weighted by molar-refractivity contribution is 0.0418. The maximum atomic E-state index is 9.79. The predicted octanol–water partition coefficient (Wildman–Crippen LogP) is 2.45. The molecule has 0 amide bonds. The molecule has 13 heavy (non-hydrogen) atoms. The molecule has 0 aliphatic rings. The van der Waals surface area contributed by atoms with Crippen LogP contribution >= 0.6 is 0 Å². The Morgan fingerprint density at radius 2 is 1.69 bits per heavy atom. The summed E-state index contributed by atoms with van der Waals surface area (Å²) in [6.45, 7) is 4.69. The van der Waals surface area contributed by atoms with E-state index in [0.29, 0.717) is 6.54 Å². The van der Waals surface area contributed by atoms with Crippen LogP contribution in [-0.2, 0) is 0 Å². The zero-order valence-corrected chi connectivity index (χ0v) is 9.18. The van der Waals surface area contributed by atoms with Crippen LogP contribution in [0.1, 0.15) is 58.8 Å². The van der Waals surface area contributed by atoms with Crippen LogP contribution in [0.15, 0.2) is 0 Å². The molecule has 0 rings (SSSR count). The van der Waals surface area contributed by atoms with Gasteiger partial charge in [-0.25, -0.2) is 0 Å². The first-order valence-corrected chi connectivity index (χ1v) is 5.55. The normalized spacial score (nSPS) is 15.7. The van der Waals surface area contributed by atoms with Crippen LogP contribution < -0.4 is 5.73 Å². The van der Waals surface area contributed by atoms with Gasteiger partial charge in [0.15, 0.2) is 0 Å². The topological polar surface area (TPSA) is 46.2 Å². The quantitative estimate of drug-likeness (QED) is 0.573. The zero-order chi connectivity index (χ0) is 10.2. The summed E-state index contributed by atoms with van der Waals surface area (Å²) in [5, 5.41) is 9.79. The van der Waals surface area contributed by atoms with Crippen molar-refractivity contribution in [1.29, 1.82) is 0 Å². The molecule has 0 aromatic carbocycles. The van der Waals surface area contributed by atoms with Gasteiger partial charge in [-0.3, -0.25) is 0 Å². The Hall–Kier alpha value is -0.0800. The Labute approximate surface area is 82.5 Å². The SMILES string of the molecule is CCCCCCCC(C)(O)CCN. The standard InChI is InChI=1S/C11H25NO/c1-3-4-5-6-7-8-11(2,13)9-10-12/h13H,3-10,12H2,1-2H3. The lowest BCUT2D eigenvalue weighted by Crippen LogP contribution is -2.27. The van der Waals surface area contributed by atoms with Crippen molar-refractivity contribution >= 4 is 0 Å². The molecule has 0 heterocycles. The minimum Gasteiger partial charge on any atom is -0.390 e. The fourth-order valence-electron chi connectivity index (χ4n) is 1.55. The van der Waals surface area contributed by atoms with E-state index in [4.69, 9.17) is 5.73 Å². The van der Waals surface area contributed by atoms with Crippen LogP contribution in [-0.4, -0.2) is 17.3 Å². The average molecular weight is 187 g/mol. The van der Waals surface area contributed by atoms with Gasteiger partial charge in [0.05, 0.1) is 5.60 Å². The third kappa shape index (κ3) is 8.26. The van der Waals surface area contributed by atoms with Crippen LogP contribution in [0.2, 0.25) is 0 Å². The Bertz CT molecular complexity index is 113. The van der Waals surface area contributed by atoms with Gasteiger partial charge < -0.3 is 10.8 Å². The first-order valence-electron chi connectivity index (χ1n) is 5.55.